The van der Waals surface area contributed by atoms with Gasteiger partial charge in [0.15, 0.2) is 17.4 Å². The van der Waals surface area contributed by atoms with Gasteiger partial charge in [0.1, 0.15) is 0 Å². The van der Waals surface area contributed by atoms with Gasteiger partial charge in [0, 0.05) is 38.3 Å². The zero-order chi connectivity index (χ0) is 17.8. The molecule has 1 aliphatic heterocycles. The number of pyridine rings is 1. The van der Waals surface area contributed by atoms with Crippen molar-refractivity contribution in [3.05, 3.63) is 30.2 Å². The lowest BCUT2D eigenvalue weighted by atomic mass is 10.2. The summed E-state index contributed by atoms with van der Waals surface area (Å²) in [6.07, 6.45) is 2.86. The molecule has 1 saturated heterocycles. The van der Waals surface area contributed by atoms with Crippen molar-refractivity contribution < 1.29 is 4.79 Å². The standard InChI is InChI=1S/C17H25N7O.HI/c1-12(2)16(25)23-9-7-13(11-23)20-17(18-3)19-10-15-22-21-14-6-4-5-8-24(14)15;/h4-6,8,12-13H,7,9-11H2,1-3H3,(H2,18,19,20);1H. The maximum Gasteiger partial charge on any atom is 0.225 e. The molecular weight excluding hydrogens is 445 g/mol. The number of hydrogen-bond donors (Lipinski definition) is 2. The number of aromatic nitrogens is 3. The molecule has 9 heteroatoms. The molecule has 2 N–H and O–H groups in total. The minimum absolute atomic E-state index is 0. The number of nitrogens with one attached hydrogen (secondary N) is 2. The van der Waals surface area contributed by atoms with Crippen LogP contribution in [0.1, 0.15) is 26.1 Å². The number of likely N-dealkylation sites (tertiary alicyclic amines) is 1. The van der Waals surface area contributed by atoms with Gasteiger partial charge in [-0.05, 0) is 18.6 Å². The summed E-state index contributed by atoms with van der Waals surface area (Å²) in [5.41, 5.74) is 0.820. The zero-order valence-electron chi connectivity index (χ0n) is 15.3. The summed E-state index contributed by atoms with van der Waals surface area (Å²) in [6.45, 7) is 5.90. The van der Waals surface area contributed by atoms with Crippen molar-refractivity contribution in [1.29, 1.82) is 0 Å². The van der Waals surface area contributed by atoms with Crippen LogP contribution in [0.4, 0.5) is 0 Å². The molecule has 3 rings (SSSR count). The third-order valence-corrected chi connectivity index (χ3v) is 4.36. The van der Waals surface area contributed by atoms with Gasteiger partial charge in [-0.25, -0.2) is 0 Å². The topological polar surface area (TPSA) is 86.9 Å². The molecule has 1 atom stereocenters. The maximum absolute atomic E-state index is 12.1. The Balaban J connectivity index is 0.00000243. The molecule has 0 spiro atoms. The van der Waals surface area contributed by atoms with Crippen LogP contribution in [0.5, 0.6) is 0 Å². The fourth-order valence-corrected chi connectivity index (χ4v) is 3.01. The number of rotatable bonds is 4. The van der Waals surface area contributed by atoms with Crippen LogP contribution in [0.15, 0.2) is 29.4 Å². The number of aliphatic imine (C=N–C) groups is 1. The highest BCUT2D eigenvalue weighted by Crippen LogP contribution is 2.12. The van der Waals surface area contributed by atoms with Crippen LogP contribution in [-0.2, 0) is 11.3 Å². The number of halogens is 1. The Bertz CT molecular complexity index is 773. The average molecular weight is 471 g/mol. The Labute approximate surface area is 170 Å². The normalized spacial score (nSPS) is 17.5. The first kappa shape index (κ1) is 20.4. The van der Waals surface area contributed by atoms with Crippen molar-refractivity contribution in [2.45, 2.75) is 32.9 Å². The van der Waals surface area contributed by atoms with Crippen molar-refractivity contribution >= 4 is 41.5 Å². The maximum atomic E-state index is 12.1. The highest BCUT2D eigenvalue weighted by atomic mass is 127. The number of nitrogens with zero attached hydrogens (tertiary/aromatic N) is 5. The molecule has 1 amide bonds. The molecule has 0 saturated carbocycles. The largest absolute Gasteiger partial charge is 0.352 e. The Morgan fingerprint density at radius 1 is 1.38 bits per heavy atom. The van der Waals surface area contributed by atoms with Gasteiger partial charge in [0.05, 0.1) is 6.54 Å². The Morgan fingerprint density at radius 3 is 2.92 bits per heavy atom. The van der Waals surface area contributed by atoms with E-state index in [4.69, 9.17) is 0 Å². The number of fused-ring (bicyclic) bond motifs is 1. The van der Waals surface area contributed by atoms with E-state index in [2.05, 4.69) is 25.8 Å². The monoisotopic (exact) mass is 471 g/mol. The van der Waals surface area contributed by atoms with E-state index in [1.807, 2.05) is 47.5 Å². The van der Waals surface area contributed by atoms with Gasteiger partial charge in [-0.3, -0.25) is 14.2 Å². The number of carbonyl (C=O) groups is 1. The summed E-state index contributed by atoms with van der Waals surface area (Å²) in [5, 5.41) is 15.0. The van der Waals surface area contributed by atoms with Crippen LogP contribution < -0.4 is 10.6 Å². The minimum Gasteiger partial charge on any atom is -0.352 e. The van der Waals surface area contributed by atoms with Crippen molar-refractivity contribution in [1.82, 2.24) is 30.1 Å². The van der Waals surface area contributed by atoms with Crippen LogP contribution in [0.3, 0.4) is 0 Å². The predicted molar refractivity (Wildman–Crippen MR) is 112 cm³/mol. The van der Waals surface area contributed by atoms with E-state index in [-0.39, 0.29) is 41.8 Å². The molecule has 0 aliphatic carbocycles. The second-order valence-electron chi connectivity index (χ2n) is 6.54. The first-order chi connectivity index (χ1) is 12.1. The highest BCUT2D eigenvalue weighted by molar-refractivity contribution is 14.0. The molecule has 1 fully saturated rings. The number of hydrogen-bond acceptors (Lipinski definition) is 4. The fraction of sp³-hybridized carbons (Fsp3) is 0.529. The molecule has 3 heterocycles. The molecule has 26 heavy (non-hydrogen) atoms. The van der Waals surface area contributed by atoms with Gasteiger partial charge in [0.2, 0.25) is 5.91 Å². The summed E-state index contributed by atoms with van der Waals surface area (Å²) in [7, 11) is 1.74. The Kier molecular flexibility index (Phi) is 7.18. The lowest BCUT2D eigenvalue weighted by Gasteiger charge is -2.20. The second kappa shape index (κ2) is 9.15. The molecule has 0 bridgehead atoms. The summed E-state index contributed by atoms with van der Waals surface area (Å²) < 4.78 is 1.94. The quantitative estimate of drug-likeness (QED) is 0.399. The molecule has 8 nitrogen and oxygen atoms in total. The molecular formula is C17H26IN7O. The highest BCUT2D eigenvalue weighted by Gasteiger charge is 2.27. The van der Waals surface area contributed by atoms with Gasteiger partial charge in [-0.2, -0.15) is 0 Å². The SMILES string of the molecule is CN=C(NCc1nnc2ccccn12)NC1CCN(C(=O)C(C)C)C1.I. The van der Waals surface area contributed by atoms with Gasteiger partial charge in [-0.15, -0.1) is 34.2 Å². The number of amides is 1. The van der Waals surface area contributed by atoms with Gasteiger partial charge < -0.3 is 15.5 Å². The summed E-state index contributed by atoms with van der Waals surface area (Å²) in [6, 6.07) is 6.02. The average Bonchev–Trinajstić information content (AvgIpc) is 3.25. The van der Waals surface area contributed by atoms with Crippen molar-refractivity contribution in [2.75, 3.05) is 20.1 Å². The summed E-state index contributed by atoms with van der Waals surface area (Å²) >= 11 is 0. The fourth-order valence-electron chi connectivity index (χ4n) is 3.01. The molecule has 1 unspecified atom stereocenters. The smallest absolute Gasteiger partial charge is 0.225 e. The summed E-state index contributed by atoms with van der Waals surface area (Å²) in [5.74, 6) is 1.78. The molecule has 0 aromatic carbocycles. The zero-order valence-corrected chi connectivity index (χ0v) is 17.7. The first-order valence-electron chi connectivity index (χ1n) is 8.63. The molecule has 1 aliphatic rings. The van der Waals surface area contributed by atoms with Crippen molar-refractivity contribution in [3.63, 3.8) is 0 Å². The van der Waals surface area contributed by atoms with E-state index < -0.39 is 0 Å². The van der Waals surface area contributed by atoms with Gasteiger partial charge in [-0.1, -0.05) is 19.9 Å². The van der Waals surface area contributed by atoms with Crippen molar-refractivity contribution in [2.24, 2.45) is 10.9 Å². The second-order valence-corrected chi connectivity index (χ2v) is 6.54. The Morgan fingerprint density at radius 2 is 2.19 bits per heavy atom. The number of guanidine groups is 1. The van der Waals surface area contributed by atoms with E-state index in [0.29, 0.717) is 19.0 Å². The molecule has 2 aromatic heterocycles. The predicted octanol–water partition coefficient (Wildman–Crippen LogP) is 1.27. The minimum atomic E-state index is 0. The summed E-state index contributed by atoms with van der Waals surface area (Å²) in [4.78, 5) is 18.3. The van der Waals surface area contributed by atoms with E-state index in [1.54, 1.807) is 7.05 Å². The van der Waals surface area contributed by atoms with E-state index in [1.165, 1.54) is 0 Å². The van der Waals surface area contributed by atoms with E-state index in [9.17, 15) is 4.79 Å². The van der Waals surface area contributed by atoms with Crippen LogP contribution >= 0.6 is 24.0 Å². The lowest BCUT2D eigenvalue weighted by Crippen LogP contribution is -2.45. The Hall–Kier alpha value is -1.91. The van der Waals surface area contributed by atoms with Crippen LogP contribution in [0.25, 0.3) is 5.65 Å². The first-order valence-corrected chi connectivity index (χ1v) is 8.63. The molecule has 0 radical (unpaired) electrons. The van der Waals surface area contributed by atoms with Crippen LogP contribution in [0, 0.1) is 5.92 Å². The van der Waals surface area contributed by atoms with E-state index >= 15 is 0 Å². The van der Waals surface area contributed by atoms with Crippen LogP contribution in [-0.4, -0.2) is 57.5 Å². The van der Waals surface area contributed by atoms with Crippen LogP contribution in [0.2, 0.25) is 0 Å². The third kappa shape index (κ3) is 4.63. The van der Waals surface area contributed by atoms with Gasteiger partial charge >= 0.3 is 0 Å². The molecule has 142 valence electrons. The van der Waals surface area contributed by atoms with E-state index in [0.717, 1.165) is 24.4 Å². The van der Waals surface area contributed by atoms with Gasteiger partial charge in [0.25, 0.3) is 0 Å². The third-order valence-electron chi connectivity index (χ3n) is 4.36. The lowest BCUT2D eigenvalue weighted by molar-refractivity contribution is -0.133. The van der Waals surface area contributed by atoms with Crippen molar-refractivity contribution in [3.8, 4) is 0 Å². The number of carbonyl (C=O) groups excluding carboxylic acids is 1. The molecule has 2 aromatic rings.